The van der Waals surface area contributed by atoms with E-state index in [1.165, 1.54) is 25.7 Å². The third-order valence-corrected chi connectivity index (χ3v) is 3.84. The number of hydrogen-bond acceptors (Lipinski definition) is 3. The molecule has 0 heterocycles. The zero-order chi connectivity index (χ0) is 15.7. The minimum absolute atomic E-state index is 0.0662. The predicted octanol–water partition coefficient (Wildman–Crippen LogP) is 5.29. The summed E-state index contributed by atoms with van der Waals surface area (Å²) in [5.41, 5.74) is 0.517. The van der Waals surface area contributed by atoms with Crippen LogP contribution in [0.25, 0.3) is 0 Å². The summed E-state index contributed by atoms with van der Waals surface area (Å²) in [7, 11) is 3.10. The largest absolute Gasteiger partial charge is 0.493 e. The maximum atomic E-state index is 12.2. The van der Waals surface area contributed by atoms with E-state index < -0.39 is 0 Å². The molecule has 0 radical (unpaired) electrons. The van der Waals surface area contributed by atoms with Gasteiger partial charge in [-0.2, -0.15) is 0 Å². The van der Waals surface area contributed by atoms with Crippen LogP contribution in [0.1, 0.15) is 62.2 Å². The van der Waals surface area contributed by atoms with Crippen molar-refractivity contribution < 1.29 is 14.3 Å². The van der Waals surface area contributed by atoms with Gasteiger partial charge in [-0.05, 0) is 12.5 Å². The van der Waals surface area contributed by atoms with Crippen molar-refractivity contribution >= 4 is 17.4 Å². The molecule has 0 saturated heterocycles. The molecule has 0 aliphatic heterocycles. The Hall–Kier alpha value is -1.22. The Labute approximate surface area is 132 Å². The van der Waals surface area contributed by atoms with Gasteiger partial charge in [0.05, 0.1) is 19.2 Å². The monoisotopic (exact) mass is 312 g/mol. The molecule has 0 aromatic heterocycles. The molecule has 0 saturated carbocycles. The smallest absolute Gasteiger partial charge is 0.164 e. The molecule has 0 aliphatic carbocycles. The second-order valence-electron chi connectivity index (χ2n) is 5.13. The highest BCUT2D eigenvalue weighted by Gasteiger charge is 2.15. The lowest BCUT2D eigenvalue weighted by atomic mass is 10.0. The Morgan fingerprint density at radius 3 is 2.19 bits per heavy atom. The van der Waals surface area contributed by atoms with Crippen LogP contribution in [-0.4, -0.2) is 20.0 Å². The number of halogens is 1. The lowest BCUT2D eigenvalue weighted by molar-refractivity contribution is 0.0979. The van der Waals surface area contributed by atoms with Crippen LogP contribution in [0, 0.1) is 0 Å². The predicted molar refractivity (Wildman–Crippen MR) is 86.9 cm³/mol. The molecule has 0 atom stereocenters. The number of benzene rings is 1. The molecule has 0 unspecified atom stereocenters. The van der Waals surface area contributed by atoms with Crippen LogP contribution in [0.4, 0.5) is 0 Å². The van der Waals surface area contributed by atoms with Gasteiger partial charge in [0.25, 0.3) is 0 Å². The highest BCUT2D eigenvalue weighted by Crippen LogP contribution is 2.33. The van der Waals surface area contributed by atoms with Gasteiger partial charge in [0.2, 0.25) is 0 Å². The number of ketones is 1. The molecule has 3 nitrogen and oxygen atoms in total. The van der Waals surface area contributed by atoms with Crippen LogP contribution >= 0.6 is 11.6 Å². The van der Waals surface area contributed by atoms with E-state index in [0.717, 1.165) is 12.8 Å². The van der Waals surface area contributed by atoms with Gasteiger partial charge in [-0.1, -0.05) is 50.6 Å². The molecular weight excluding hydrogens is 288 g/mol. The third kappa shape index (κ3) is 5.58. The highest BCUT2D eigenvalue weighted by molar-refractivity contribution is 6.34. The Kier molecular flexibility index (Phi) is 8.21. The van der Waals surface area contributed by atoms with E-state index in [9.17, 15) is 4.79 Å². The van der Waals surface area contributed by atoms with Crippen molar-refractivity contribution in [3.05, 3.63) is 22.7 Å². The number of rotatable bonds is 10. The number of carbonyl (C=O) groups excluding carboxylic acids is 1. The summed E-state index contributed by atoms with van der Waals surface area (Å²) in [5.74, 6) is 1.14. The third-order valence-electron chi connectivity index (χ3n) is 3.53. The van der Waals surface area contributed by atoms with Gasteiger partial charge in [-0.15, -0.1) is 0 Å². The summed E-state index contributed by atoms with van der Waals surface area (Å²) in [6, 6.07) is 3.30. The molecule has 0 spiro atoms. The van der Waals surface area contributed by atoms with E-state index >= 15 is 0 Å². The second kappa shape index (κ2) is 9.67. The second-order valence-corrected chi connectivity index (χ2v) is 5.54. The maximum Gasteiger partial charge on any atom is 0.164 e. The molecule has 0 bridgehead atoms. The fourth-order valence-corrected chi connectivity index (χ4v) is 2.53. The van der Waals surface area contributed by atoms with Gasteiger partial charge in [0.1, 0.15) is 0 Å². The summed E-state index contributed by atoms with van der Waals surface area (Å²) in [4.78, 5) is 12.2. The molecule has 1 aromatic carbocycles. The number of ether oxygens (including phenoxy) is 2. The normalized spacial score (nSPS) is 10.5. The first-order chi connectivity index (χ1) is 10.1. The Morgan fingerprint density at radius 1 is 1.00 bits per heavy atom. The average molecular weight is 313 g/mol. The lowest BCUT2D eigenvalue weighted by Gasteiger charge is -2.11. The summed E-state index contributed by atoms with van der Waals surface area (Å²) in [6.07, 6.45) is 7.49. The van der Waals surface area contributed by atoms with Gasteiger partial charge in [-0.25, -0.2) is 0 Å². The number of hydrogen-bond donors (Lipinski definition) is 0. The van der Waals surface area contributed by atoms with Crippen molar-refractivity contribution in [2.45, 2.75) is 51.9 Å². The molecule has 0 fully saturated rings. The van der Waals surface area contributed by atoms with E-state index in [-0.39, 0.29) is 5.78 Å². The maximum absolute atomic E-state index is 12.2. The first-order valence-electron chi connectivity index (χ1n) is 7.58. The zero-order valence-electron chi connectivity index (χ0n) is 13.2. The van der Waals surface area contributed by atoms with Gasteiger partial charge >= 0.3 is 0 Å². The Balaban J connectivity index is 2.57. The molecule has 21 heavy (non-hydrogen) atoms. The van der Waals surface area contributed by atoms with Gasteiger partial charge in [-0.3, -0.25) is 4.79 Å². The molecular formula is C17H25ClO3. The highest BCUT2D eigenvalue weighted by atomic mass is 35.5. The quantitative estimate of drug-likeness (QED) is 0.435. The van der Waals surface area contributed by atoms with Crippen molar-refractivity contribution in [1.82, 2.24) is 0 Å². The number of unbranched alkanes of at least 4 members (excludes halogenated alkanes) is 5. The Morgan fingerprint density at radius 2 is 1.57 bits per heavy atom. The van der Waals surface area contributed by atoms with Crippen LogP contribution in [0.2, 0.25) is 5.02 Å². The molecule has 4 heteroatoms. The van der Waals surface area contributed by atoms with E-state index in [1.807, 2.05) is 0 Å². The lowest BCUT2D eigenvalue weighted by Crippen LogP contribution is -2.02. The van der Waals surface area contributed by atoms with E-state index in [2.05, 4.69) is 6.92 Å². The SMILES string of the molecule is CCCCCCCCC(=O)c1cc(OC)c(OC)cc1Cl. The van der Waals surface area contributed by atoms with Crippen LogP contribution in [-0.2, 0) is 0 Å². The van der Waals surface area contributed by atoms with Crippen LogP contribution in [0.15, 0.2) is 12.1 Å². The van der Waals surface area contributed by atoms with Crippen LogP contribution in [0.5, 0.6) is 11.5 Å². The fourth-order valence-electron chi connectivity index (χ4n) is 2.27. The van der Waals surface area contributed by atoms with Crippen LogP contribution < -0.4 is 9.47 Å². The Bertz CT molecular complexity index is 458. The first kappa shape index (κ1) is 17.8. The fraction of sp³-hybridized carbons (Fsp3) is 0.588. The van der Waals surface area contributed by atoms with E-state index in [1.54, 1.807) is 26.4 Å². The summed E-state index contributed by atoms with van der Waals surface area (Å²) in [6.45, 7) is 2.20. The summed E-state index contributed by atoms with van der Waals surface area (Å²) < 4.78 is 10.4. The topological polar surface area (TPSA) is 35.5 Å². The molecule has 0 aliphatic rings. The molecule has 118 valence electrons. The molecule has 1 aromatic rings. The minimum Gasteiger partial charge on any atom is -0.493 e. The van der Waals surface area contributed by atoms with Gasteiger partial charge in [0, 0.05) is 18.1 Å². The van der Waals surface area contributed by atoms with Crippen molar-refractivity contribution in [3.63, 3.8) is 0 Å². The average Bonchev–Trinajstić information content (AvgIpc) is 2.50. The van der Waals surface area contributed by atoms with Crippen LogP contribution in [0.3, 0.4) is 0 Å². The van der Waals surface area contributed by atoms with E-state index in [0.29, 0.717) is 28.5 Å². The number of Topliss-reactive ketones (excluding diaryl/α,β-unsaturated/α-hetero) is 1. The number of carbonyl (C=O) groups is 1. The van der Waals surface area contributed by atoms with Crippen molar-refractivity contribution in [2.24, 2.45) is 0 Å². The minimum atomic E-state index is 0.0662. The summed E-state index contributed by atoms with van der Waals surface area (Å²) in [5, 5.41) is 0.420. The zero-order valence-corrected chi connectivity index (χ0v) is 14.0. The van der Waals surface area contributed by atoms with E-state index in [4.69, 9.17) is 21.1 Å². The molecule has 0 N–H and O–H groups in total. The van der Waals surface area contributed by atoms with Crippen molar-refractivity contribution in [2.75, 3.05) is 14.2 Å². The van der Waals surface area contributed by atoms with Crippen molar-refractivity contribution in [1.29, 1.82) is 0 Å². The van der Waals surface area contributed by atoms with Gasteiger partial charge in [0.15, 0.2) is 17.3 Å². The first-order valence-corrected chi connectivity index (χ1v) is 7.96. The summed E-state index contributed by atoms with van der Waals surface area (Å²) >= 11 is 6.16. The van der Waals surface area contributed by atoms with Gasteiger partial charge < -0.3 is 9.47 Å². The molecule has 0 amide bonds. The number of methoxy groups -OCH3 is 2. The standard InChI is InChI=1S/C17H25ClO3/c1-4-5-6-7-8-9-10-15(19)13-11-16(20-2)17(21-3)12-14(13)18/h11-12H,4-10H2,1-3H3. The van der Waals surface area contributed by atoms with Crippen molar-refractivity contribution in [3.8, 4) is 11.5 Å². The molecule has 1 rings (SSSR count).